The predicted octanol–water partition coefficient (Wildman–Crippen LogP) is 2.97. The van der Waals surface area contributed by atoms with Crippen molar-refractivity contribution in [3.63, 3.8) is 0 Å². The molecule has 0 saturated carbocycles. The molecule has 0 fully saturated rings. The van der Waals surface area contributed by atoms with Gasteiger partial charge in [0.2, 0.25) is 5.13 Å². The molecule has 0 amide bonds. The molecule has 0 unspecified atom stereocenters. The third kappa shape index (κ3) is 3.93. The van der Waals surface area contributed by atoms with Crippen LogP contribution in [0.1, 0.15) is 6.92 Å². The zero-order valence-electron chi connectivity index (χ0n) is 10.5. The van der Waals surface area contributed by atoms with Crippen LogP contribution < -0.4 is 10.1 Å². The summed E-state index contributed by atoms with van der Waals surface area (Å²) in [5.74, 6) is 1.29. The van der Waals surface area contributed by atoms with Crippen LogP contribution in [0.3, 0.4) is 0 Å². The number of nitrogens with zero attached hydrogens (tertiary/aromatic N) is 2. The number of Topliss-reactive ketones (excluding diaryl/α,β-unsaturated/α-hetero) is 1. The molecule has 0 saturated heterocycles. The van der Waals surface area contributed by atoms with Gasteiger partial charge in [-0.15, -0.1) is 10.2 Å². The Morgan fingerprint density at radius 1 is 1.42 bits per heavy atom. The number of hydrogen-bond donors (Lipinski definition) is 1. The van der Waals surface area contributed by atoms with E-state index in [1.165, 1.54) is 23.1 Å². The Labute approximate surface area is 119 Å². The molecule has 7 heteroatoms. The highest BCUT2D eigenvalue weighted by molar-refractivity contribution is 8.01. The van der Waals surface area contributed by atoms with E-state index < -0.39 is 0 Å². The summed E-state index contributed by atoms with van der Waals surface area (Å²) in [6, 6.07) is 7.59. The van der Waals surface area contributed by atoms with Crippen molar-refractivity contribution in [1.29, 1.82) is 0 Å². The lowest BCUT2D eigenvalue weighted by Gasteiger charge is -2.07. The van der Waals surface area contributed by atoms with Gasteiger partial charge < -0.3 is 10.1 Å². The molecular weight excluding hydrogens is 282 g/mol. The largest absolute Gasteiger partial charge is 0.495 e. The summed E-state index contributed by atoms with van der Waals surface area (Å²) in [5, 5.41) is 11.9. The second-order valence-electron chi connectivity index (χ2n) is 3.69. The van der Waals surface area contributed by atoms with Crippen molar-refractivity contribution in [3.8, 4) is 5.75 Å². The number of anilines is 2. The second kappa shape index (κ2) is 6.53. The molecule has 0 radical (unpaired) electrons. The van der Waals surface area contributed by atoms with E-state index >= 15 is 0 Å². The molecule has 0 aliphatic heterocycles. The van der Waals surface area contributed by atoms with Gasteiger partial charge in [0.15, 0.2) is 4.34 Å². The van der Waals surface area contributed by atoms with Crippen LogP contribution in [0, 0.1) is 0 Å². The van der Waals surface area contributed by atoms with Crippen molar-refractivity contribution in [2.45, 2.75) is 11.3 Å². The van der Waals surface area contributed by atoms with Gasteiger partial charge in [-0.1, -0.05) is 35.2 Å². The molecule has 2 rings (SSSR count). The Bertz CT molecular complexity index is 572. The van der Waals surface area contributed by atoms with E-state index in [0.717, 1.165) is 15.8 Å². The van der Waals surface area contributed by atoms with E-state index in [2.05, 4.69) is 15.5 Å². The molecular formula is C12H13N3O2S2. The van der Waals surface area contributed by atoms with Crippen molar-refractivity contribution in [1.82, 2.24) is 10.2 Å². The van der Waals surface area contributed by atoms with Gasteiger partial charge >= 0.3 is 0 Å². The Morgan fingerprint density at radius 3 is 2.95 bits per heavy atom. The molecule has 0 spiro atoms. The van der Waals surface area contributed by atoms with E-state index in [1.807, 2.05) is 24.3 Å². The monoisotopic (exact) mass is 295 g/mol. The molecule has 5 nitrogen and oxygen atoms in total. The van der Waals surface area contributed by atoms with Gasteiger partial charge in [-0.3, -0.25) is 4.79 Å². The molecule has 1 N–H and O–H groups in total. The molecule has 19 heavy (non-hydrogen) atoms. The number of methoxy groups -OCH3 is 1. The van der Waals surface area contributed by atoms with Gasteiger partial charge in [0.25, 0.3) is 0 Å². The summed E-state index contributed by atoms with van der Waals surface area (Å²) in [6.07, 6.45) is 0. The maximum Gasteiger partial charge on any atom is 0.210 e. The number of carbonyl (C=O) groups is 1. The smallest absolute Gasteiger partial charge is 0.210 e. The predicted molar refractivity (Wildman–Crippen MR) is 77.6 cm³/mol. The zero-order chi connectivity index (χ0) is 13.7. The molecule has 0 atom stereocenters. The molecule has 0 aliphatic rings. The van der Waals surface area contributed by atoms with Gasteiger partial charge in [-0.2, -0.15) is 0 Å². The Hall–Kier alpha value is -1.60. The van der Waals surface area contributed by atoms with Crippen LogP contribution in [0.5, 0.6) is 5.75 Å². The highest BCUT2D eigenvalue weighted by Crippen LogP contribution is 2.31. The summed E-state index contributed by atoms with van der Waals surface area (Å²) in [4.78, 5) is 10.9. The fourth-order valence-electron chi connectivity index (χ4n) is 1.35. The number of para-hydroxylation sites is 2. The van der Waals surface area contributed by atoms with Crippen molar-refractivity contribution in [3.05, 3.63) is 24.3 Å². The number of ether oxygens (including phenoxy) is 1. The van der Waals surface area contributed by atoms with Gasteiger partial charge in [-0.25, -0.2) is 0 Å². The lowest BCUT2D eigenvalue weighted by molar-refractivity contribution is -0.114. The first kappa shape index (κ1) is 13.8. The average Bonchev–Trinajstić information content (AvgIpc) is 2.85. The Balaban J connectivity index is 2.05. The van der Waals surface area contributed by atoms with E-state index in [1.54, 1.807) is 14.0 Å². The standard InChI is InChI=1S/C12H13N3O2S2/c1-8(16)7-18-12-15-14-11(19-12)13-9-5-3-4-6-10(9)17-2/h3-6H,7H2,1-2H3,(H,13,14). The van der Waals surface area contributed by atoms with Crippen LogP contribution in [-0.4, -0.2) is 28.8 Å². The summed E-state index contributed by atoms with van der Waals surface area (Å²) in [7, 11) is 1.62. The lowest BCUT2D eigenvalue weighted by atomic mass is 10.3. The number of ketones is 1. The number of carbonyl (C=O) groups excluding carboxylic acids is 1. The maximum absolute atomic E-state index is 10.9. The van der Waals surface area contributed by atoms with E-state index in [0.29, 0.717) is 10.9 Å². The first-order chi connectivity index (χ1) is 9.19. The van der Waals surface area contributed by atoms with Crippen molar-refractivity contribution < 1.29 is 9.53 Å². The van der Waals surface area contributed by atoms with Gasteiger partial charge in [0.05, 0.1) is 18.6 Å². The van der Waals surface area contributed by atoms with E-state index in [4.69, 9.17) is 4.74 Å². The number of aromatic nitrogens is 2. The zero-order valence-corrected chi connectivity index (χ0v) is 12.2. The third-order valence-corrected chi connectivity index (χ3v) is 4.27. The van der Waals surface area contributed by atoms with Gasteiger partial charge in [0.1, 0.15) is 11.5 Å². The second-order valence-corrected chi connectivity index (χ2v) is 5.89. The van der Waals surface area contributed by atoms with Crippen molar-refractivity contribution in [2.75, 3.05) is 18.2 Å². The van der Waals surface area contributed by atoms with Gasteiger partial charge in [0, 0.05) is 0 Å². The highest BCUT2D eigenvalue weighted by atomic mass is 32.2. The highest BCUT2D eigenvalue weighted by Gasteiger charge is 2.08. The molecule has 1 aromatic carbocycles. The molecule has 2 aromatic rings. The minimum absolute atomic E-state index is 0.124. The normalized spacial score (nSPS) is 10.2. The third-order valence-electron chi connectivity index (χ3n) is 2.15. The Morgan fingerprint density at radius 2 is 2.21 bits per heavy atom. The van der Waals surface area contributed by atoms with E-state index in [9.17, 15) is 4.79 Å². The van der Waals surface area contributed by atoms with Gasteiger partial charge in [-0.05, 0) is 19.1 Å². The first-order valence-corrected chi connectivity index (χ1v) is 7.35. The summed E-state index contributed by atoms with van der Waals surface area (Å²) in [5.41, 5.74) is 0.837. The molecule has 0 aliphatic carbocycles. The van der Waals surface area contributed by atoms with Crippen LogP contribution >= 0.6 is 23.1 Å². The number of hydrogen-bond acceptors (Lipinski definition) is 7. The average molecular weight is 295 g/mol. The van der Waals surface area contributed by atoms with Crippen LogP contribution in [-0.2, 0) is 4.79 Å². The van der Waals surface area contributed by atoms with Crippen LogP contribution in [0.25, 0.3) is 0 Å². The number of thioether (sulfide) groups is 1. The maximum atomic E-state index is 10.9. The fourth-order valence-corrected chi connectivity index (χ4v) is 2.91. The molecule has 0 bridgehead atoms. The minimum Gasteiger partial charge on any atom is -0.495 e. The van der Waals surface area contributed by atoms with Crippen LogP contribution in [0.2, 0.25) is 0 Å². The quantitative estimate of drug-likeness (QED) is 0.827. The fraction of sp³-hybridized carbons (Fsp3) is 0.250. The van der Waals surface area contributed by atoms with E-state index in [-0.39, 0.29) is 5.78 Å². The molecule has 100 valence electrons. The van der Waals surface area contributed by atoms with Crippen molar-refractivity contribution in [2.24, 2.45) is 0 Å². The SMILES string of the molecule is COc1ccccc1Nc1nnc(SCC(C)=O)s1. The molecule has 1 aromatic heterocycles. The topological polar surface area (TPSA) is 64.1 Å². The minimum atomic E-state index is 0.124. The number of rotatable bonds is 6. The number of benzene rings is 1. The van der Waals surface area contributed by atoms with Crippen molar-refractivity contribution >= 4 is 39.7 Å². The van der Waals surface area contributed by atoms with Crippen LogP contribution in [0.4, 0.5) is 10.8 Å². The summed E-state index contributed by atoms with van der Waals surface area (Å²) >= 11 is 2.80. The number of nitrogens with one attached hydrogen (secondary N) is 1. The molecule has 1 heterocycles. The summed E-state index contributed by atoms with van der Waals surface area (Å²) < 4.78 is 6.02. The summed E-state index contributed by atoms with van der Waals surface area (Å²) in [6.45, 7) is 1.56. The first-order valence-electron chi connectivity index (χ1n) is 5.55. The Kier molecular flexibility index (Phi) is 4.75. The van der Waals surface area contributed by atoms with Crippen LogP contribution in [0.15, 0.2) is 28.6 Å². The lowest BCUT2D eigenvalue weighted by Crippen LogP contribution is -1.93.